The van der Waals surface area contributed by atoms with Gasteiger partial charge < -0.3 is 4.90 Å². The summed E-state index contributed by atoms with van der Waals surface area (Å²) >= 11 is 0. The van der Waals surface area contributed by atoms with E-state index >= 15 is 0 Å². The van der Waals surface area contributed by atoms with Gasteiger partial charge in [0.2, 0.25) is 0 Å². The van der Waals surface area contributed by atoms with Crippen LogP contribution in [0.1, 0.15) is 33.1 Å². The SMILES string of the molecule is C=C1CC2CC(/C=C/CC)=C(C)N12. The Morgan fingerprint density at radius 2 is 2.31 bits per heavy atom. The molecule has 1 unspecified atom stereocenters. The minimum absolute atomic E-state index is 0.740. The van der Waals surface area contributed by atoms with Crippen molar-refractivity contribution >= 4 is 0 Å². The molecule has 1 saturated heterocycles. The van der Waals surface area contributed by atoms with Crippen LogP contribution in [0.3, 0.4) is 0 Å². The molecule has 0 amide bonds. The van der Waals surface area contributed by atoms with E-state index in [9.17, 15) is 0 Å². The van der Waals surface area contributed by atoms with Crippen molar-refractivity contribution < 1.29 is 0 Å². The minimum Gasteiger partial charge on any atom is -0.345 e. The van der Waals surface area contributed by atoms with Crippen LogP contribution >= 0.6 is 0 Å². The minimum atomic E-state index is 0.740. The van der Waals surface area contributed by atoms with Crippen LogP contribution in [-0.2, 0) is 0 Å². The van der Waals surface area contributed by atoms with Gasteiger partial charge in [-0.1, -0.05) is 25.7 Å². The van der Waals surface area contributed by atoms with Crippen LogP contribution in [0, 0.1) is 0 Å². The van der Waals surface area contributed by atoms with E-state index in [2.05, 4.69) is 37.5 Å². The fourth-order valence-corrected chi connectivity index (χ4v) is 2.29. The molecule has 1 nitrogen and oxygen atoms in total. The van der Waals surface area contributed by atoms with Crippen LogP contribution in [0.15, 0.2) is 35.7 Å². The van der Waals surface area contributed by atoms with Gasteiger partial charge in [-0.05, 0) is 25.3 Å². The number of fused-ring (bicyclic) bond motifs is 1. The quantitative estimate of drug-likeness (QED) is 0.623. The van der Waals surface area contributed by atoms with Crippen LogP contribution in [0.2, 0.25) is 0 Å². The molecule has 0 aliphatic carbocycles. The van der Waals surface area contributed by atoms with Crippen molar-refractivity contribution in [2.24, 2.45) is 0 Å². The first-order valence-corrected chi connectivity index (χ1v) is 5.07. The number of allylic oxidation sites excluding steroid dienone is 3. The van der Waals surface area contributed by atoms with Gasteiger partial charge in [-0.2, -0.15) is 0 Å². The van der Waals surface area contributed by atoms with E-state index in [4.69, 9.17) is 0 Å². The van der Waals surface area contributed by atoms with Gasteiger partial charge in [-0.3, -0.25) is 0 Å². The number of nitrogens with zero attached hydrogens (tertiary/aromatic N) is 1. The Morgan fingerprint density at radius 1 is 1.54 bits per heavy atom. The standard InChI is InChI=1S/C12H17N/c1-4-5-6-11-8-12-7-9(2)13(12)10(11)3/h5-6,12H,2,4,7-8H2,1,3H3/b6-5+. The fourth-order valence-electron chi connectivity index (χ4n) is 2.29. The third-order valence-electron chi connectivity index (χ3n) is 3.01. The molecular formula is C12H17N. The molecule has 2 rings (SSSR count). The third kappa shape index (κ3) is 1.23. The van der Waals surface area contributed by atoms with Gasteiger partial charge in [0.25, 0.3) is 0 Å². The molecule has 0 aromatic carbocycles. The lowest BCUT2D eigenvalue weighted by molar-refractivity contribution is 0.235. The average molecular weight is 175 g/mol. The molecule has 13 heavy (non-hydrogen) atoms. The molecule has 0 N–H and O–H groups in total. The van der Waals surface area contributed by atoms with E-state index < -0.39 is 0 Å². The molecule has 0 aromatic heterocycles. The van der Waals surface area contributed by atoms with Crippen molar-refractivity contribution in [1.29, 1.82) is 0 Å². The lowest BCUT2D eigenvalue weighted by Crippen LogP contribution is -2.39. The van der Waals surface area contributed by atoms with Crippen LogP contribution < -0.4 is 0 Å². The smallest absolute Gasteiger partial charge is 0.0431 e. The highest BCUT2D eigenvalue weighted by molar-refractivity contribution is 5.37. The highest BCUT2D eigenvalue weighted by Gasteiger charge is 2.37. The summed E-state index contributed by atoms with van der Waals surface area (Å²) in [5.41, 5.74) is 4.22. The van der Waals surface area contributed by atoms with Crippen molar-refractivity contribution in [2.45, 2.75) is 39.2 Å². The number of hydrogen-bond acceptors (Lipinski definition) is 1. The zero-order valence-electron chi connectivity index (χ0n) is 8.51. The summed E-state index contributed by atoms with van der Waals surface area (Å²) in [6.45, 7) is 8.42. The Hall–Kier alpha value is -0.980. The average Bonchev–Trinajstić information content (AvgIpc) is 2.33. The maximum absolute atomic E-state index is 4.04. The van der Waals surface area contributed by atoms with Gasteiger partial charge >= 0.3 is 0 Å². The molecule has 0 radical (unpaired) electrons. The fraction of sp³-hybridized carbons (Fsp3) is 0.500. The normalized spacial score (nSPS) is 27.1. The highest BCUT2D eigenvalue weighted by atomic mass is 15.2. The second-order valence-electron chi connectivity index (χ2n) is 3.92. The largest absolute Gasteiger partial charge is 0.345 e. The third-order valence-corrected chi connectivity index (χ3v) is 3.01. The molecule has 2 aliphatic heterocycles. The predicted molar refractivity (Wildman–Crippen MR) is 56.1 cm³/mol. The molecule has 1 heteroatoms. The molecule has 70 valence electrons. The summed E-state index contributed by atoms with van der Waals surface area (Å²) in [6, 6.07) is 0.740. The zero-order chi connectivity index (χ0) is 9.42. The second-order valence-corrected chi connectivity index (χ2v) is 3.92. The summed E-state index contributed by atoms with van der Waals surface area (Å²) in [6.07, 6.45) is 8.07. The first-order valence-electron chi connectivity index (χ1n) is 5.07. The summed E-state index contributed by atoms with van der Waals surface area (Å²) in [4.78, 5) is 2.38. The summed E-state index contributed by atoms with van der Waals surface area (Å²) < 4.78 is 0. The Kier molecular flexibility index (Phi) is 2.03. The second kappa shape index (κ2) is 3.06. The maximum atomic E-state index is 4.04. The lowest BCUT2D eigenvalue weighted by atomic mass is 9.98. The van der Waals surface area contributed by atoms with Crippen molar-refractivity contribution in [3.05, 3.63) is 35.7 Å². The first kappa shape index (κ1) is 8.61. The van der Waals surface area contributed by atoms with Crippen molar-refractivity contribution in [3.8, 4) is 0 Å². The maximum Gasteiger partial charge on any atom is 0.0431 e. The van der Waals surface area contributed by atoms with Crippen molar-refractivity contribution in [1.82, 2.24) is 4.90 Å². The molecule has 2 aliphatic rings. The Balaban J connectivity index is 2.16. The van der Waals surface area contributed by atoms with Crippen molar-refractivity contribution in [2.75, 3.05) is 0 Å². The molecule has 0 aromatic rings. The van der Waals surface area contributed by atoms with Gasteiger partial charge in [0.05, 0.1) is 0 Å². The molecule has 0 spiro atoms. The Labute approximate surface area is 80.4 Å². The molecule has 1 fully saturated rings. The van der Waals surface area contributed by atoms with E-state index in [1.54, 1.807) is 0 Å². The molecule has 2 heterocycles. The van der Waals surface area contributed by atoms with E-state index in [0.717, 1.165) is 12.5 Å². The van der Waals surface area contributed by atoms with Gasteiger partial charge in [-0.25, -0.2) is 0 Å². The van der Waals surface area contributed by atoms with Gasteiger partial charge in [-0.15, -0.1) is 0 Å². The van der Waals surface area contributed by atoms with Gasteiger partial charge in [0, 0.05) is 23.9 Å². The first-order chi connectivity index (χ1) is 6.24. The van der Waals surface area contributed by atoms with E-state index in [1.807, 2.05) is 0 Å². The summed E-state index contributed by atoms with van der Waals surface area (Å²) in [7, 11) is 0. The van der Waals surface area contributed by atoms with Crippen molar-refractivity contribution in [3.63, 3.8) is 0 Å². The van der Waals surface area contributed by atoms with Crippen LogP contribution in [-0.4, -0.2) is 10.9 Å². The van der Waals surface area contributed by atoms with Crippen LogP contribution in [0.4, 0.5) is 0 Å². The molecular weight excluding hydrogens is 158 g/mol. The number of rotatable bonds is 2. The summed E-state index contributed by atoms with van der Waals surface area (Å²) in [5, 5.41) is 0. The van der Waals surface area contributed by atoms with Crippen LogP contribution in [0.25, 0.3) is 0 Å². The zero-order valence-corrected chi connectivity index (χ0v) is 8.51. The summed E-state index contributed by atoms with van der Waals surface area (Å²) in [5.74, 6) is 0. The monoisotopic (exact) mass is 175 g/mol. The Morgan fingerprint density at radius 3 is 2.85 bits per heavy atom. The van der Waals surface area contributed by atoms with Gasteiger partial charge in [0.15, 0.2) is 0 Å². The highest BCUT2D eigenvalue weighted by Crippen LogP contribution is 2.43. The van der Waals surface area contributed by atoms with Crippen LogP contribution in [0.5, 0.6) is 0 Å². The molecule has 1 atom stereocenters. The number of hydrogen-bond donors (Lipinski definition) is 0. The lowest BCUT2D eigenvalue weighted by Gasteiger charge is -2.40. The predicted octanol–water partition coefficient (Wildman–Crippen LogP) is 3.22. The Bertz CT molecular complexity index is 296. The van der Waals surface area contributed by atoms with E-state index in [-0.39, 0.29) is 0 Å². The van der Waals surface area contributed by atoms with Gasteiger partial charge in [0.1, 0.15) is 0 Å². The molecule has 0 bridgehead atoms. The molecule has 0 saturated carbocycles. The van der Waals surface area contributed by atoms with E-state index in [0.29, 0.717) is 0 Å². The topological polar surface area (TPSA) is 3.24 Å². The van der Waals surface area contributed by atoms with E-state index in [1.165, 1.54) is 29.8 Å².